The van der Waals surface area contributed by atoms with E-state index in [9.17, 15) is 4.79 Å². The molecule has 0 atom stereocenters. The molecule has 0 spiro atoms. The summed E-state index contributed by atoms with van der Waals surface area (Å²) in [5.41, 5.74) is 3.05. The number of rotatable bonds is 5. The maximum absolute atomic E-state index is 12.7. The lowest BCUT2D eigenvalue weighted by atomic mass is 10.1. The third-order valence-electron chi connectivity index (χ3n) is 5.52. The van der Waals surface area contributed by atoms with Crippen molar-refractivity contribution in [1.29, 1.82) is 0 Å². The molecule has 4 heterocycles. The van der Waals surface area contributed by atoms with Crippen LogP contribution in [0.25, 0.3) is 22.2 Å². The molecule has 0 radical (unpaired) electrons. The zero-order valence-corrected chi connectivity index (χ0v) is 17.8. The fourth-order valence-corrected chi connectivity index (χ4v) is 3.78. The zero-order chi connectivity index (χ0) is 21.9. The number of fused-ring (bicyclic) bond motifs is 1. The number of carbonyl (C=O) groups excluding carboxylic acids is 1. The molecule has 0 aliphatic carbocycles. The van der Waals surface area contributed by atoms with Gasteiger partial charge in [-0.3, -0.25) is 9.48 Å². The number of benzene rings is 1. The van der Waals surface area contributed by atoms with Crippen LogP contribution in [-0.2, 0) is 7.05 Å². The van der Waals surface area contributed by atoms with E-state index in [4.69, 9.17) is 9.72 Å². The summed E-state index contributed by atoms with van der Waals surface area (Å²) in [6.07, 6.45) is 7.61. The Morgan fingerprint density at radius 1 is 1.12 bits per heavy atom. The lowest BCUT2D eigenvalue weighted by Gasteiger charge is -2.23. The van der Waals surface area contributed by atoms with Crippen molar-refractivity contribution < 1.29 is 9.53 Å². The van der Waals surface area contributed by atoms with Crippen molar-refractivity contribution in [3.05, 3.63) is 66.6 Å². The number of nitrogens with zero attached hydrogens (tertiary/aromatic N) is 4. The van der Waals surface area contributed by atoms with Gasteiger partial charge in [0.25, 0.3) is 5.91 Å². The summed E-state index contributed by atoms with van der Waals surface area (Å²) in [6.45, 7) is 1.95. The molecule has 1 fully saturated rings. The van der Waals surface area contributed by atoms with Crippen LogP contribution in [0.1, 0.15) is 23.2 Å². The minimum atomic E-state index is -0.228. The number of hydrogen-bond acceptors (Lipinski definition) is 6. The fourth-order valence-electron chi connectivity index (χ4n) is 3.78. The van der Waals surface area contributed by atoms with E-state index in [-0.39, 0.29) is 12.0 Å². The van der Waals surface area contributed by atoms with Crippen LogP contribution >= 0.6 is 0 Å². The van der Waals surface area contributed by atoms with Crippen LogP contribution in [0.5, 0.6) is 5.75 Å². The number of hydrogen-bond donors (Lipinski definition) is 2. The molecule has 8 heteroatoms. The molecule has 4 aromatic rings. The van der Waals surface area contributed by atoms with Crippen molar-refractivity contribution in [1.82, 2.24) is 25.1 Å². The van der Waals surface area contributed by atoms with Gasteiger partial charge in [-0.1, -0.05) is 0 Å². The highest BCUT2D eigenvalue weighted by Crippen LogP contribution is 2.22. The van der Waals surface area contributed by atoms with Crippen molar-refractivity contribution >= 4 is 22.6 Å². The summed E-state index contributed by atoms with van der Waals surface area (Å²) in [7, 11) is 1.87. The second kappa shape index (κ2) is 8.76. The first-order chi connectivity index (χ1) is 15.6. The van der Waals surface area contributed by atoms with Gasteiger partial charge in [0.2, 0.25) is 0 Å². The van der Waals surface area contributed by atoms with Gasteiger partial charge < -0.3 is 15.4 Å². The summed E-state index contributed by atoms with van der Waals surface area (Å²) in [4.78, 5) is 21.8. The topological polar surface area (TPSA) is 94.0 Å². The Kier molecular flexibility index (Phi) is 5.51. The molecule has 1 aromatic carbocycles. The minimum absolute atomic E-state index is 0.224. The number of pyridine rings is 2. The average molecular weight is 428 g/mol. The van der Waals surface area contributed by atoms with Gasteiger partial charge in [0.05, 0.1) is 17.4 Å². The molecule has 1 aliphatic rings. The number of nitrogens with one attached hydrogen (secondary N) is 2. The van der Waals surface area contributed by atoms with Crippen LogP contribution < -0.4 is 15.4 Å². The normalized spacial score (nSPS) is 14.4. The van der Waals surface area contributed by atoms with E-state index >= 15 is 0 Å². The van der Waals surface area contributed by atoms with E-state index in [2.05, 4.69) is 20.7 Å². The monoisotopic (exact) mass is 428 g/mol. The van der Waals surface area contributed by atoms with Crippen molar-refractivity contribution in [2.45, 2.75) is 18.9 Å². The molecular formula is C24H24N6O2. The molecule has 0 bridgehead atoms. The Labute approximate surface area is 185 Å². The second-order valence-electron chi connectivity index (χ2n) is 7.91. The first kappa shape index (κ1) is 20.1. The Morgan fingerprint density at radius 2 is 1.94 bits per heavy atom. The summed E-state index contributed by atoms with van der Waals surface area (Å²) in [5.74, 6) is 1.01. The maximum atomic E-state index is 12.7. The summed E-state index contributed by atoms with van der Waals surface area (Å²) < 4.78 is 7.75. The molecule has 5 rings (SSSR count). The maximum Gasteiger partial charge on any atom is 0.256 e. The van der Waals surface area contributed by atoms with Crippen LogP contribution in [0.4, 0.5) is 5.82 Å². The zero-order valence-electron chi connectivity index (χ0n) is 17.8. The highest BCUT2D eigenvalue weighted by atomic mass is 16.5. The molecule has 0 saturated carbocycles. The minimum Gasteiger partial charge on any atom is -0.490 e. The van der Waals surface area contributed by atoms with Gasteiger partial charge in [-0.15, -0.1) is 0 Å². The smallest absolute Gasteiger partial charge is 0.256 e. The number of aromatic nitrogens is 4. The highest BCUT2D eigenvalue weighted by Gasteiger charge is 2.15. The first-order valence-electron chi connectivity index (χ1n) is 10.7. The standard InChI is InChI=1S/C24H24N6O2/c1-30-15-18(14-27-30)21-7-4-17-13-26-23(12-22(17)28-21)29-24(31)16-2-5-19(6-3-16)32-20-8-10-25-11-9-20/h2-7,12-15,20,25H,8-11H2,1H3,(H,26,29,31). The third-order valence-corrected chi connectivity index (χ3v) is 5.52. The molecule has 8 nitrogen and oxygen atoms in total. The van der Waals surface area contributed by atoms with Gasteiger partial charge in [-0.05, 0) is 62.3 Å². The Morgan fingerprint density at radius 3 is 2.69 bits per heavy atom. The Hall–Kier alpha value is -3.78. The van der Waals surface area contributed by atoms with Crippen LogP contribution in [-0.4, -0.2) is 44.8 Å². The lowest BCUT2D eigenvalue weighted by molar-refractivity contribution is 0.102. The number of carbonyl (C=O) groups is 1. The Bertz CT molecular complexity index is 1250. The molecule has 1 amide bonds. The number of amides is 1. The molecule has 1 aliphatic heterocycles. The number of piperidine rings is 1. The van der Waals surface area contributed by atoms with Gasteiger partial charge in [-0.25, -0.2) is 9.97 Å². The molecule has 1 saturated heterocycles. The molecular weight excluding hydrogens is 404 g/mol. The number of anilines is 1. The average Bonchev–Trinajstić information content (AvgIpc) is 3.26. The van der Waals surface area contributed by atoms with E-state index in [1.54, 1.807) is 35.3 Å². The van der Waals surface area contributed by atoms with E-state index in [0.29, 0.717) is 11.4 Å². The van der Waals surface area contributed by atoms with Crippen molar-refractivity contribution in [3.8, 4) is 17.0 Å². The SMILES string of the molecule is Cn1cc(-c2ccc3cnc(NC(=O)c4ccc(OC5CCNCC5)cc4)cc3n2)cn1. The second-order valence-corrected chi connectivity index (χ2v) is 7.91. The molecule has 2 N–H and O–H groups in total. The summed E-state index contributed by atoms with van der Waals surface area (Å²) in [6, 6.07) is 12.9. The van der Waals surface area contributed by atoms with Crippen molar-refractivity contribution in [2.75, 3.05) is 18.4 Å². The van der Waals surface area contributed by atoms with Gasteiger partial charge in [-0.2, -0.15) is 5.10 Å². The summed E-state index contributed by atoms with van der Waals surface area (Å²) >= 11 is 0. The van der Waals surface area contributed by atoms with Gasteiger partial charge in [0.1, 0.15) is 17.7 Å². The van der Waals surface area contributed by atoms with E-state index < -0.39 is 0 Å². The molecule has 32 heavy (non-hydrogen) atoms. The predicted octanol–water partition coefficient (Wildman–Crippen LogP) is 3.41. The largest absolute Gasteiger partial charge is 0.490 e. The van der Waals surface area contributed by atoms with E-state index in [1.165, 1.54) is 0 Å². The van der Waals surface area contributed by atoms with E-state index in [1.807, 2.05) is 37.5 Å². The first-order valence-corrected chi connectivity index (χ1v) is 10.7. The molecule has 3 aromatic heterocycles. The Balaban J connectivity index is 1.29. The quantitative estimate of drug-likeness (QED) is 0.506. The molecule has 162 valence electrons. The predicted molar refractivity (Wildman–Crippen MR) is 123 cm³/mol. The fraction of sp³-hybridized carbons (Fsp3) is 0.250. The third kappa shape index (κ3) is 4.45. The van der Waals surface area contributed by atoms with Gasteiger partial charge >= 0.3 is 0 Å². The van der Waals surface area contributed by atoms with Crippen LogP contribution in [0.15, 0.2) is 61.1 Å². The van der Waals surface area contributed by atoms with Crippen LogP contribution in [0, 0.1) is 0 Å². The van der Waals surface area contributed by atoms with Crippen molar-refractivity contribution in [3.63, 3.8) is 0 Å². The number of aryl methyl sites for hydroxylation is 1. The van der Waals surface area contributed by atoms with Gasteiger partial charge in [0.15, 0.2) is 0 Å². The highest BCUT2D eigenvalue weighted by molar-refractivity contribution is 6.04. The van der Waals surface area contributed by atoms with E-state index in [0.717, 1.165) is 53.8 Å². The van der Waals surface area contributed by atoms with Crippen molar-refractivity contribution in [2.24, 2.45) is 7.05 Å². The lowest BCUT2D eigenvalue weighted by Crippen LogP contribution is -2.34. The van der Waals surface area contributed by atoms with Gasteiger partial charge in [0, 0.05) is 42.0 Å². The van der Waals surface area contributed by atoms with Crippen LogP contribution in [0.3, 0.4) is 0 Å². The van der Waals surface area contributed by atoms with Crippen LogP contribution in [0.2, 0.25) is 0 Å². The summed E-state index contributed by atoms with van der Waals surface area (Å²) in [5, 5.41) is 11.3. The number of ether oxygens (including phenoxy) is 1. The molecule has 0 unspecified atom stereocenters.